The highest BCUT2D eigenvalue weighted by atomic mass is 32.2. The van der Waals surface area contributed by atoms with Crippen molar-refractivity contribution in [1.82, 2.24) is 25.5 Å². The molecule has 0 amide bonds. The van der Waals surface area contributed by atoms with Gasteiger partial charge < -0.3 is 10.1 Å². The SMILES string of the molecule is c1ccc(OCCSc2nnnn2CCNC2CC2)cc1. The van der Waals surface area contributed by atoms with Crippen LogP contribution in [0.15, 0.2) is 35.5 Å². The van der Waals surface area contributed by atoms with E-state index in [2.05, 4.69) is 20.8 Å². The van der Waals surface area contributed by atoms with Gasteiger partial charge in [0.2, 0.25) is 5.16 Å². The number of ether oxygens (including phenoxy) is 1. The van der Waals surface area contributed by atoms with Crippen molar-refractivity contribution in [3.63, 3.8) is 0 Å². The maximum Gasteiger partial charge on any atom is 0.209 e. The number of tetrazole rings is 1. The van der Waals surface area contributed by atoms with Gasteiger partial charge in [-0.3, -0.25) is 0 Å². The lowest BCUT2D eigenvalue weighted by Gasteiger charge is -2.06. The Hall–Kier alpha value is -1.60. The molecule has 0 unspecified atom stereocenters. The van der Waals surface area contributed by atoms with Gasteiger partial charge in [-0.1, -0.05) is 30.0 Å². The molecule has 2 aromatic rings. The normalized spacial score (nSPS) is 14.3. The molecule has 0 aliphatic heterocycles. The maximum atomic E-state index is 5.65. The molecular weight excluding hydrogens is 286 g/mol. The second kappa shape index (κ2) is 7.42. The molecular formula is C14H19N5OS. The number of hydrogen-bond donors (Lipinski definition) is 1. The first-order valence-electron chi connectivity index (χ1n) is 7.22. The first-order chi connectivity index (χ1) is 10.4. The maximum absolute atomic E-state index is 5.65. The van der Waals surface area contributed by atoms with E-state index in [9.17, 15) is 0 Å². The van der Waals surface area contributed by atoms with E-state index >= 15 is 0 Å². The highest BCUT2D eigenvalue weighted by Crippen LogP contribution is 2.18. The summed E-state index contributed by atoms with van der Waals surface area (Å²) in [5.74, 6) is 1.72. The fraction of sp³-hybridized carbons (Fsp3) is 0.500. The van der Waals surface area contributed by atoms with Crippen LogP contribution in [0.1, 0.15) is 12.8 Å². The van der Waals surface area contributed by atoms with Crippen molar-refractivity contribution in [3.05, 3.63) is 30.3 Å². The lowest BCUT2D eigenvalue weighted by molar-refractivity contribution is 0.343. The number of thioether (sulfide) groups is 1. The molecule has 1 aliphatic rings. The number of hydrogen-bond acceptors (Lipinski definition) is 6. The molecule has 0 radical (unpaired) electrons. The topological polar surface area (TPSA) is 64.9 Å². The molecule has 0 bridgehead atoms. The van der Waals surface area contributed by atoms with Crippen LogP contribution in [0.2, 0.25) is 0 Å². The van der Waals surface area contributed by atoms with E-state index < -0.39 is 0 Å². The zero-order valence-electron chi connectivity index (χ0n) is 11.8. The standard InChI is InChI=1S/C14H19N5OS/c1-2-4-13(5-3-1)20-10-11-21-14-16-17-18-19(14)9-8-15-12-6-7-12/h1-5,12,15H,6-11H2. The first-order valence-corrected chi connectivity index (χ1v) is 8.20. The Balaban J connectivity index is 1.37. The number of aromatic nitrogens is 4. The molecule has 0 saturated heterocycles. The van der Waals surface area contributed by atoms with Crippen molar-refractivity contribution < 1.29 is 4.74 Å². The van der Waals surface area contributed by atoms with Crippen molar-refractivity contribution in [1.29, 1.82) is 0 Å². The van der Waals surface area contributed by atoms with Gasteiger partial charge in [0.05, 0.1) is 13.2 Å². The van der Waals surface area contributed by atoms with Crippen LogP contribution in [-0.2, 0) is 6.54 Å². The van der Waals surface area contributed by atoms with Crippen molar-refractivity contribution in [2.75, 3.05) is 18.9 Å². The largest absolute Gasteiger partial charge is 0.493 e. The fourth-order valence-electron chi connectivity index (χ4n) is 1.91. The van der Waals surface area contributed by atoms with Crippen molar-refractivity contribution in [2.45, 2.75) is 30.6 Å². The Morgan fingerprint density at radius 2 is 2.14 bits per heavy atom. The van der Waals surface area contributed by atoms with E-state index in [0.29, 0.717) is 6.61 Å². The summed E-state index contributed by atoms with van der Waals surface area (Å²) in [4.78, 5) is 0. The Morgan fingerprint density at radius 1 is 1.29 bits per heavy atom. The summed E-state index contributed by atoms with van der Waals surface area (Å²) < 4.78 is 7.50. The van der Waals surface area contributed by atoms with Gasteiger partial charge in [-0.15, -0.1) is 5.10 Å². The van der Waals surface area contributed by atoms with Crippen molar-refractivity contribution >= 4 is 11.8 Å². The summed E-state index contributed by atoms with van der Waals surface area (Å²) >= 11 is 1.62. The Bertz CT molecular complexity index is 543. The van der Waals surface area contributed by atoms with Crippen LogP contribution in [0.3, 0.4) is 0 Å². The minimum atomic E-state index is 0.641. The van der Waals surface area contributed by atoms with Crippen LogP contribution in [0.4, 0.5) is 0 Å². The van der Waals surface area contributed by atoms with Crippen LogP contribution in [-0.4, -0.2) is 45.2 Å². The van der Waals surface area contributed by atoms with Crippen LogP contribution in [0.5, 0.6) is 5.75 Å². The zero-order valence-corrected chi connectivity index (χ0v) is 12.6. The molecule has 1 aromatic carbocycles. The second-order valence-corrected chi connectivity index (χ2v) is 5.99. The smallest absolute Gasteiger partial charge is 0.209 e. The molecule has 21 heavy (non-hydrogen) atoms. The van der Waals surface area contributed by atoms with E-state index in [-0.39, 0.29) is 0 Å². The average Bonchev–Trinajstić information content (AvgIpc) is 3.23. The minimum Gasteiger partial charge on any atom is -0.493 e. The van der Waals surface area contributed by atoms with Gasteiger partial charge in [-0.05, 0) is 35.4 Å². The van der Waals surface area contributed by atoms with E-state index in [4.69, 9.17) is 4.74 Å². The van der Waals surface area contributed by atoms with Crippen LogP contribution >= 0.6 is 11.8 Å². The van der Waals surface area contributed by atoms with Gasteiger partial charge in [-0.2, -0.15) is 0 Å². The number of nitrogens with zero attached hydrogens (tertiary/aromatic N) is 4. The molecule has 1 aromatic heterocycles. The third-order valence-corrected chi connectivity index (χ3v) is 4.08. The monoisotopic (exact) mass is 305 g/mol. The number of para-hydroxylation sites is 1. The third kappa shape index (κ3) is 4.71. The zero-order chi connectivity index (χ0) is 14.3. The molecule has 1 N–H and O–H groups in total. The van der Waals surface area contributed by atoms with Crippen molar-refractivity contribution in [2.24, 2.45) is 0 Å². The molecule has 1 heterocycles. The molecule has 0 spiro atoms. The summed E-state index contributed by atoms with van der Waals surface area (Å²) in [7, 11) is 0. The highest BCUT2D eigenvalue weighted by molar-refractivity contribution is 7.99. The lowest BCUT2D eigenvalue weighted by atomic mass is 10.3. The average molecular weight is 305 g/mol. The molecule has 1 saturated carbocycles. The molecule has 0 atom stereocenters. The van der Waals surface area contributed by atoms with Gasteiger partial charge in [0.1, 0.15) is 5.75 Å². The summed E-state index contributed by atoms with van der Waals surface area (Å²) in [6.45, 7) is 2.37. The van der Waals surface area contributed by atoms with Crippen LogP contribution in [0.25, 0.3) is 0 Å². The minimum absolute atomic E-state index is 0.641. The van der Waals surface area contributed by atoms with E-state index in [1.165, 1.54) is 12.8 Å². The molecule has 1 fully saturated rings. The first kappa shape index (κ1) is 14.3. The molecule has 7 heteroatoms. The van der Waals surface area contributed by atoms with Gasteiger partial charge in [0.15, 0.2) is 0 Å². The van der Waals surface area contributed by atoms with Gasteiger partial charge in [-0.25, -0.2) is 4.68 Å². The number of rotatable bonds is 9. The van der Waals surface area contributed by atoms with Crippen LogP contribution in [0, 0.1) is 0 Å². The molecule has 6 nitrogen and oxygen atoms in total. The Labute approximate surface area is 128 Å². The quantitative estimate of drug-likeness (QED) is 0.561. The summed E-state index contributed by atoms with van der Waals surface area (Å²) in [6.07, 6.45) is 2.60. The van der Waals surface area contributed by atoms with Crippen molar-refractivity contribution in [3.8, 4) is 5.75 Å². The van der Waals surface area contributed by atoms with E-state index in [0.717, 1.165) is 35.8 Å². The van der Waals surface area contributed by atoms with Crippen LogP contribution < -0.4 is 10.1 Å². The van der Waals surface area contributed by atoms with Gasteiger partial charge in [0.25, 0.3) is 0 Å². The summed E-state index contributed by atoms with van der Waals surface area (Å²) in [5.41, 5.74) is 0. The Kier molecular flexibility index (Phi) is 5.07. The molecule has 1 aliphatic carbocycles. The second-order valence-electron chi connectivity index (χ2n) is 4.92. The number of nitrogens with one attached hydrogen (secondary N) is 1. The van der Waals surface area contributed by atoms with Gasteiger partial charge in [0, 0.05) is 18.3 Å². The predicted octanol–water partition coefficient (Wildman–Crippen LogP) is 1.60. The lowest BCUT2D eigenvalue weighted by Crippen LogP contribution is -2.22. The summed E-state index contributed by atoms with van der Waals surface area (Å²) in [6, 6.07) is 10.5. The highest BCUT2D eigenvalue weighted by Gasteiger charge is 2.20. The fourth-order valence-corrected chi connectivity index (χ4v) is 2.63. The van der Waals surface area contributed by atoms with E-state index in [1.807, 2.05) is 35.0 Å². The molecule has 3 rings (SSSR count). The molecule has 112 valence electrons. The predicted molar refractivity (Wildman–Crippen MR) is 81.5 cm³/mol. The van der Waals surface area contributed by atoms with Gasteiger partial charge >= 0.3 is 0 Å². The van der Waals surface area contributed by atoms with E-state index in [1.54, 1.807) is 11.8 Å². The Morgan fingerprint density at radius 3 is 2.95 bits per heavy atom. The summed E-state index contributed by atoms with van der Waals surface area (Å²) in [5, 5.41) is 16.1. The third-order valence-electron chi connectivity index (χ3n) is 3.16. The number of benzene rings is 1.